The molecule has 3 aliphatic heterocycles. The average Bonchev–Trinajstić information content (AvgIpc) is 3.63. The number of nitrogens with one attached hydrogen (secondary N) is 2. The third kappa shape index (κ3) is 8.96. The number of Topliss-reactive ketones (excluding diaryl/α,β-unsaturated/α-hetero) is 1. The number of hydrogen-bond donors (Lipinski definition) is 6. The number of hydrogen-bond acceptors (Lipinski definition) is 14. The summed E-state index contributed by atoms with van der Waals surface area (Å²) in [4.78, 5) is 70.8. The van der Waals surface area contributed by atoms with Gasteiger partial charge in [-0.05, 0) is 58.3 Å². The molecule has 5 aliphatic rings. The van der Waals surface area contributed by atoms with Crippen LogP contribution in [0.3, 0.4) is 0 Å². The lowest BCUT2D eigenvalue weighted by Gasteiger charge is -2.50. The second-order valence-electron chi connectivity index (χ2n) is 18.0. The van der Waals surface area contributed by atoms with E-state index in [2.05, 4.69) is 16.9 Å². The first-order valence-corrected chi connectivity index (χ1v) is 22.2. The van der Waals surface area contributed by atoms with Crippen molar-refractivity contribution in [1.82, 2.24) is 15.2 Å². The van der Waals surface area contributed by atoms with Gasteiger partial charge in [-0.15, -0.1) is 0 Å². The lowest BCUT2D eigenvalue weighted by molar-refractivity contribution is -0.296. The fourth-order valence-corrected chi connectivity index (χ4v) is 10.7. The summed E-state index contributed by atoms with van der Waals surface area (Å²) in [7, 11) is 1.29. The van der Waals surface area contributed by atoms with Crippen LogP contribution in [0.2, 0.25) is 10.0 Å². The number of nitrogens with two attached hydrogens (primary N) is 1. The number of aliphatic hydroxyl groups is 3. The number of aryl methyl sites for hydroxylation is 1. The Kier molecular flexibility index (Phi) is 14.7. The molecule has 1 aromatic rings. The van der Waals surface area contributed by atoms with Gasteiger partial charge in [-0.25, -0.2) is 4.79 Å². The monoisotopic (exact) mass is 938 g/mol. The van der Waals surface area contributed by atoms with Crippen LogP contribution in [0, 0.1) is 36.5 Å². The molecule has 4 heterocycles. The first-order valence-electron chi connectivity index (χ1n) is 21.5. The highest BCUT2D eigenvalue weighted by atomic mass is 35.5. The number of aromatic amines is 1. The smallest absolute Gasteiger partial charge is 0.405 e. The zero-order valence-electron chi connectivity index (χ0n) is 37.3. The number of carbonyl (C=O) groups is 5. The molecule has 4 fully saturated rings. The number of ether oxygens (including phenoxy) is 6. The fourth-order valence-electron chi connectivity index (χ4n) is 10.3. The number of fused-ring (bicyclic) bond motifs is 1. The number of primary amides is 1. The normalized spacial score (nSPS) is 37.9. The zero-order valence-corrected chi connectivity index (χ0v) is 38.8. The van der Waals surface area contributed by atoms with Crippen LogP contribution in [0.4, 0.5) is 4.79 Å². The molecule has 1 aromatic heterocycles. The summed E-state index contributed by atoms with van der Waals surface area (Å²) < 4.78 is 35.6. The zero-order chi connectivity index (χ0) is 47.4. The topological polar surface area (TPSA) is 258 Å². The van der Waals surface area contributed by atoms with E-state index < -0.39 is 144 Å². The molecule has 16 atom stereocenters. The van der Waals surface area contributed by atoms with E-state index in [-0.39, 0.29) is 22.2 Å². The molecule has 0 radical (unpaired) electrons. The van der Waals surface area contributed by atoms with Crippen molar-refractivity contribution in [3.05, 3.63) is 57.1 Å². The summed E-state index contributed by atoms with van der Waals surface area (Å²) in [5, 5.41) is 38.6. The number of rotatable bonds is 11. The Morgan fingerprint density at radius 2 is 1.72 bits per heavy atom. The van der Waals surface area contributed by atoms with Gasteiger partial charge < -0.3 is 59.8 Å². The Balaban J connectivity index is 1.27. The maximum absolute atomic E-state index is 14.8. The molecule has 1 unspecified atom stereocenters. The van der Waals surface area contributed by atoms with Crippen molar-refractivity contribution in [3.8, 4) is 0 Å². The second kappa shape index (κ2) is 19.1. The van der Waals surface area contributed by atoms with E-state index in [0.717, 1.165) is 12.5 Å². The SMILES string of the molecule is C=C1CC[C@@H](O[C@H]2C[C@@](O)([C@H](C)NC(=O)c3[nH]c(C)c(Cl)c3Cl)[C@H](O)[C@@H](C)O2)[C@@H]2C=C[C@H](C)C(/C(O)=C3/C(=O)[C@H](C(C)C)N([C@@H]4O[C@H](C)[C@H](OC(N)=O)[C@H](OC(C)=O)[C@@H]4OC)C3=O)[C@@H]12. The van der Waals surface area contributed by atoms with Crippen molar-refractivity contribution in [2.24, 2.45) is 35.3 Å². The highest BCUT2D eigenvalue weighted by Crippen LogP contribution is 2.51. The minimum atomic E-state index is -1.92. The average molecular weight is 940 g/mol. The number of likely N-dealkylation sites (tertiary alicyclic amines) is 1. The van der Waals surface area contributed by atoms with E-state index in [1.54, 1.807) is 34.6 Å². The number of amides is 3. The van der Waals surface area contributed by atoms with Gasteiger partial charge in [0.05, 0.1) is 34.4 Å². The van der Waals surface area contributed by atoms with Crippen molar-refractivity contribution in [1.29, 1.82) is 0 Å². The summed E-state index contributed by atoms with van der Waals surface area (Å²) >= 11 is 12.5. The molecule has 3 saturated heterocycles. The van der Waals surface area contributed by atoms with Crippen LogP contribution in [0.5, 0.6) is 0 Å². The second-order valence-corrected chi connectivity index (χ2v) is 18.8. The highest BCUT2D eigenvalue weighted by molar-refractivity contribution is 6.44. The molecule has 354 valence electrons. The van der Waals surface area contributed by atoms with Crippen molar-refractivity contribution >= 4 is 52.9 Å². The third-order valence-corrected chi connectivity index (χ3v) is 14.4. The molecule has 1 saturated carbocycles. The number of allylic oxidation sites excluding steroid dienone is 3. The van der Waals surface area contributed by atoms with E-state index >= 15 is 0 Å². The van der Waals surface area contributed by atoms with Crippen molar-refractivity contribution in [3.63, 3.8) is 0 Å². The number of esters is 1. The number of aromatic nitrogens is 1. The summed E-state index contributed by atoms with van der Waals surface area (Å²) in [6.07, 6.45) is -6.73. The van der Waals surface area contributed by atoms with E-state index in [1.807, 2.05) is 19.1 Å². The van der Waals surface area contributed by atoms with E-state index in [9.17, 15) is 39.3 Å². The maximum atomic E-state index is 14.8. The van der Waals surface area contributed by atoms with Crippen LogP contribution in [0.25, 0.3) is 0 Å². The molecule has 18 nitrogen and oxygen atoms in total. The lowest BCUT2D eigenvalue weighted by Crippen LogP contribution is -2.66. The number of carbonyl (C=O) groups excluding carboxylic acids is 5. The Labute approximate surface area is 381 Å². The third-order valence-electron chi connectivity index (χ3n) is 13.5. The first kappa shape index (κ1) is 49.4. The highest BCUT2D eigenvalue weighted by Gasteiger charge is 2.59. The van der Waals surface area contributed by atoms with E-state index in [0.29, 0.717) is 18.5 Å². The Morgan fingerprint density at radius 3 is 2.30 bits per heavy atom. The van der Waals surface area contributed by atoms with Crippen molar-refractivity contribution in [2.75, 3.05) is 7.11 Å². The van der Waals surface area contributed by atoms with Gasteiger partial charge in [-0.1, -0.05) is 68.3 Å². The van der Waals surface area contributed by atoms with Crippen LogP contribution < -0.4 is 11.1 Å². The van der Waals surface area contributed by atoms with Gasteiger partial charge in [-0.2, -0.15) is 0 Å². The molecular formula is C44H60Cl2N4O14. The predicted octanol–water partition coefficient (Wildman–Crippen LogP) is 4.17. The number of methoxy groups -OCH3 is 1. The minimum absolute atomic E-state index is 0.00400. The number of ketones is 1. The summed E-state index contributed by atoms with van der Waals surface area (Å²) in [6, 6.07) is -2.17. The molecule has 0 bridgehead atoms. The molecule has 20 heteroatoms. The Hall–Kier alpha value is -4.01. The van der Waals surface area contributed by atoms with Crippen molar-refractivity contribution < 1.29 is 67.7 Å². The van der Waals surface area contributed by atoms with Crippen LogP contribution in [-0.2, 0) is 42.8 Å². The summed E-state index contributed by atoms with van der Waals surface area (Å²) in [5.74, 6) is -5.95. The number of halogens is 2. The van der Waals surface area contributed by atoms with Crippen LogP contribution in [0.1, 0.15) is 83.9 Å². The van der Waals surface area contributed by atoms with Crippen molar-refractivity contribution in [2.45, 2.75) is 148 Å². The molecule has 64 heavy (non-hydrogen) atoms. The minimum Gasteiger partial charge on any atom is -0.511 e. The van der Waals surface area contributed by atoms with E-state index in [1.165, 1.54) is 18.9 Å². The Morgan fingerprint density at radius 1 is 1.05 bits per heavy atom. The van der Waals surface area contributed by atoms with Gasteiger partial charge in [0.2, 0.25) is 0 Å². The molecule has 0 aromatic carbocycles. The quantitative estimate of drug-likeness (QED) is 0.0599. The molecular weight excluding hydrogens is 879 g/mol. The van der Waals surface area contributed by atoms with E-state index in [4.69, 9.17) is 57.4 Å². The van der Waals surface area contributed by atoms with Gasteiger partial charge in [0.1, 0.15) is 40.9 Å². The van der Waals surface area contributed by atoms with Gasteiger partial charge in [-0.3, -0.25) is 24.1 Å². The Bertz CT molecular complexity index is 2090. The standard InChI is InChI=1S/C44H60Cl2N4O14/c1-16(2)33-35(53)29(41(56)50(33)42-38(59-10)37(62-23(9)51)36(20(6)61-42)64-43(47)57)34(52)28-18(4)11-13-24-25(14-12-17(3)27(24)28)63-26-15-44(58,39(54)21(7)60-26)22(8)49-40(55)32-31(46)30(45)19(5)48-32/h11,13,16,18,20-22,24-28,33,36-39,42,48,52,54,58H,3,12,14-15H2,1-2,4-10H3,(H2,47,57)(H,49,55)/b34-29+/t18-,20+,21+,22-,24-,25+,26-,27-,28?,33-,36-,37-,38-,39+,42+,44+/m0/s1. The summed E-state index contributed by atoms with van der Waals surface area (Å²) in [6.45, 7) is 17.2. The molecule has 6 rings (SSSR count). The molecule has 0 spiro atoms. The maximum Gasteiger partial charge on any atom is 0.405 e. The van der Waals surface area contributed by atoms with Gasteiger partial charge in [0.15, 0.2) is 30.5 Å². The fraction of sp³-hybridized carbons (Fsp3) is 0.659. The molecule has 3 amide bonds. The van der Waals surface area contributed by atoms with Gasteiger partial charge in [0, 0.05) is 38.0 Å². The first-order chi connectivity index (χ1) is 29.9. The van der Waals surface area contributed by atoms with Gasteiger partial charge >= 0.3 is 12.1 Å². The predicted molar refractivity (Wildman–Crippen MR) is 230 cm³/mol. The van der Waals surface area contributed by atoms with Crippen LogP contribution in [-0.4, -0.2) is 135 Å². The largest absolute Gasteiger partial charge is 0.511 e. The van der Waals surface area contributed by atoms with Gasteiger partial charge in [0.25, 0.3) is 11.8 Å². The number of aliphatic hydroxyl groups excluding tert-OH is 2. The van der Waals surface area contributed by atoms with Crippen LogP contribution in [0.15, 0.2) is 35.6 Å². The number of nitrogens with zero attached hydrogens (tertiary/aromatic N) is 1. The number of H-pyrrole nitrogens is 1. The lowest BCUT2D eigenvalue weighted by atomic mass is 9.61. The summed E-state index contributed by atoms with van der Waals surface area (Å²) in [5.41, 5.74) is 4.24. The van der Waals surface area contributed by atoms with Crippen LogP contribution >= 0.6 is 23.2 Å². The molecule has 7 N–H and O–H groups in total. The molecule has 2 aliphatic carbocycles.